The molecule has 5 aromatic rings. The Labute approximate surface area is 263 Å². The summed E-state index contributed by atoms with van der Waals surface area (Å²) in [4.78, 5) is 26.6. The Kier molecular flexibility index (Phi) is 9.04. The molecule has 0 bridgehead atoms. The molecule has 5 aromatic carbocycles. The molecule has 0 aliphatic heterocycles. The summed E-state index contributed by atoms with van der Waals surface area (Å²) in [6.45, 7) is -0.148. The molecule has 6 rings (SSSR count). The van der Waals surface area contributed by atoms with Gasteiger partial charge >= 0.3 is 6.09 Å². The minimum Gasteiger partial charge on any atom is -0.449 e. The van der Waals surface area contributed by atoms with Crippen LogP contribution in [-0.4, -0.2) is 36.4 Å². The van der Waals surface area contributed by atoms with E-state index in [1.807, 2.05) is 115 Å². The first-order valence-corrected chi connectivity index (χ1v) is 15.3. The van der Waals surface area contributed by atoms with E-state index in [0.29, 0.717) is 0 Å². The van der Waals surface area contributed by atoms with Crippen LogP contribution in [0.1, 0.15) is 46.6 Å². The molecule has 0 saturated heterocycles. The zero-order valence-electron chi connectivity index (χ0n) is 24.9. The third kappa shape index (κ3) is 6.24. The summed E-state index contributed by atoms with van der Waals surface area (Å²) in [5.41, 5.74) is 6.39. The van der Waals surface area contributed by atoms with Gasteiger partial charge in [-0.15, -0.1) is 0 Å². The van der Waals surface area contributed by atoms with Crippen LogP contribution in [0.25, 0.3) is 11.1 Å². The molecule has 6 nitrogen and oxygen atoms in total. The second-order valence-corrected chi connectivity index (χ2v) is 11.3. The summed E-state index contributed by atoms with van der Waals surface area (Å²) < 4.78 is 5.67. The van der Waals surface area contributed by atoms with Crippen LogP contribution in [-0.2, 0) is 15.1 Å². The predicted octanol–water partition coefficient (Wildman–Crippen LogP) is 6.77. The van der Waals surface area contributed by atoms with Crippen molar-refractivity contribution < 1.29 is 19.4 Å². The highest BCUT2D eigenvalue weighted by Gasteiger charge is 2.38. The number of carbonyl (C=O) groups excluding carboxylic acids is 2. The Morgan fingerprint density at radius 3 is 1.58 bits per heavy atom. The summed E-state index contributed by atoms with van der Waals surface area (Å²) in [6, 6.07) is 45.3. The van der Waals surface area contributed by atoms with E-state index in [1.165, 1.54) is 0 Å². The SMILES string of the molecule is O=C(CC[C@@H](CO)NC(=O)OCC1c2ccccc2-c2ccccc21)NC(c1ccccc1)(c1ccccc1)c1ccccc1. The molecule has 0 unspecified atom stereocenters. The second kappa shape index (κ2) is 13.6. The van der Waals surface area contributed by atoms with Crippen LogP contribution in [0.3, 0.4) is 0 Å². The molecule has 0 spiro atoms. The van der Waals surface area contributed by atoms with E-state index >= 15 is 0 Å². The first-order valence-electron chi connectivity index (χ1n) is 15.3. The number of alkyl carbamates (subject to hydrolysis) is 1. The molecule has 0 fully saturated rings. The van der Waals surface area contributed by atoms with Crippen molar-refractivity contribution in [1.82, 2.24) is 10.6 Å². The van der Waals surface area contributed by atoms with Gasteiger partial charge in [-0.1, -0.05) is 140 Å². The monoisotopic (exact) mass is 596 g/mol. The second-order valence-electron chi connectivity index (χ2n) is 11.3. The van der Waals surface area contributed by atoms with Crippen molar-refractivity contribution in [2.24, 2.45) is 0 Å². The number of rotatable bonds is 11. The molecule has 2 amide bonds. The topological polar surface area (TPSA) is 87.7 Å². The largest absolute Gasteiger partial charge is 0.449 e. The molecule has 1 aliphatic rings. The number of hydrogen-bond acceptors (Lipinski definition) is 4. The van der Waals surface area contributed by atoms with Gasteiger partial charge in [-0.05, 0) is 45.4 Å². The van der Waals surface area contributed by atoms with Crippen LogP contribution >= 0.6 is 0 Å². The molecule has 0 heterocycles. The molecule has 0 saturated carbocycles. The number of ether oxygens (including phenoxy) is 1. The summed E-state index contributed by atoms with van der Waals surface area (Å²) in [7, 11) is 0. The molecule has 1 atom stereocenters. The lowest BCUT2D eigenvalue weighted by atomic mass is 9.77. The van der Waals surface area contributed by atoms with Gasteiger partial charge in [0.15, 0.2) is 0 Å². The van der Waals surface area contributed by atoms with E-state index in [1.54, 1.807) is 0 Å². The van der Waals surface area contributed by atoms with Crippen LogP contribution in [0.4, 0.5) is 4.79 Å². The zero-order chi connectivity index (χ0) is 31.1. The highest BCUT2D eigenvalue weighted by Crippen LogP contribution is 2.44. The first-order chi connectivity index (χ1) is 22.1. The maximum atomic E-state index is 13.7. The van der Waals surface area contributed by atoms with Crippen molar-refractivity contribution >= 4 is 12.0 Å². The number of hydrogen-bond donors (Lipinski definition) is 3. The fourth-order valence-electron chi connectivity index (χ4n) is 6.37. The number of benzene rings is 5. The molecule has 3 N–H and O–H groups in total. The van der Waals surface area contributed by atoms with Crippen molar-refractivity contribution in [3.05, 3.63) is 167 Å². The Bertz CT molecular complexity index is 1600. The maximum Gasteiger partial charge on any atom is 0.407 e. The number of fused-ring (bicyclic) bond motifs is 3. The lowest BCUT2D eigenvalue weighted by molar-refractivity contribution is -0.122. The zero-order valence-corrected chi connectivity index (χ0v) is 24.9. The third-order valence-corrected chi connectivity index (χ3v) is 8.55. The minimum absolute atomic E-state index is 0.0661. The van der Waals surface area contributed by atoms with Crippen molar-refractivity contribution in [2.75, 3.05) is 13.2 Å². The van der Waals surface area contributed by atoms with E-state index in [4.69, 9.17) is 4.74 Å². The average Bonchev–Trinajstić information content (AvgIpc) is 3.42. The molecular formula is C39H36N2O4. The highest BCUT2D eigenvalue weighted by molar-refractivity contribution is 5.80. The van der Waals surface area contributed by atoms with Gasteiger partial charge in [0.05, 0.1) is 12.6 Å². The van der Waals surface area contributed by atoms with E-state index in [2.05, 4.69) is 34.9 Å². The van der Waals surface area contributed by atoms with Gasteiger partial charge in [0.2, 0.25) is 5.91 Å². The lowest BCUT2D eigenvalue weighted by Crippen LogP contribution is -2.48. The summed E-state index contributed by atoms with van der Waals surface area (Å²) in [6.07, 6.45) is -0.298. The van der Waals surface area contributed by atoms with E-state index in [-0.39, 0.29) is 37.9 Å². The number of aliphatic hydroxyl groups is 1. The third-order valence-electron chi connectivity index (χ3n) is 8.55. The predicted molar refractivity (Wildman–Crippen MR) is 176 cm³/mol. The summed E-state index contributed by atoms with van der Waals surface area (Å²) in [5.74, 6) is -0.275. The van der Waals surface area contributed by atoms with Crippen molar-refractivity contribution in [3.63, 3.8) is 0 Å². The molecule has 45 heavy (non-hydrogen) atoms. The average molecular weight is 597 g/mol. The van der Waals surface area contributed by atoms with Crippen LogP contribution in [0.5, 0.6) is 0 Å². The molecule has 0 radical (unpaired) electrons. The van der Waals surface area contributed by atoms with Crippen LogP contribution in [0, 0.1) is 0 Å². The Morgan fingerprint density at radius 2 is 1.11 bits per heavy atom. The van der Waals surface area contributed by atoms with Gasteiger partial charge in [-0.3, -0.25) is 4.79 Å². The van der Waals surface area contributed by atoms with Gasteiger partial charge in [-0.25, -0.2) is 4.79 Å². The van der Waals surface area contributed by atoms with E-state index in [0.717, 1.165) is 38.9 Å². The number of aliphatic hydroxyl groups excluding tert-OH is 1. The quantitative estimate of drug-likeness (QED) is 0.147. The normalized spacial score (nSPS) is 12.9. The molecule has 0 aromatic heterocycles. The first kappa shape index (κ1) is 29.9. The standard InChI is InChI=1S/C39H36N2O4/c42-26-31(40-38(44)45-27-36-34-22-12-10-20-32(34)33-21-11-13-23-35(33)36)24-25-37(43)41-39(28-14-4-1-5-15-28,29-16-6-2-7-17-29)30-18-8-3-9-19-30/h1-23,31,36,42H,24-27H2,(H,40,44)(H,41,43)/t31-/m0/s1. The van der Waals surface area contributed by atoms with Gasteiger partial charge in [0, 0.05) is 12.3 Å². The van der Waals surface area contributed by atoms with Gasteiger partial charge < -0.3 is 20.5 Å². The molecule has 1 aliphatic carbocycles. The maximum absolute atomic E-state index is 13.7. The fraction of sp³-hybridized carbons (Fsp3) is 0.179. The number of nitrogens with one attached hydrogen (secondary N) is 2. The molecule has 6 heteroatoms. The van der Waals surface area contributed by atoms with Crippen LogP contribution < -0.4 is 10.6 Å². The van der Waals surface area contributed by atoms with Gasteiger partial charge in [0.25, 0.3) is 0 Å². The van der Waals surface area contributed by atoms with Gasteiger partial charge in [0.1, 0.15) is 12.1 Å². The summed E-state index contributed by atoms with van der Waals surface area (Å²) in [5, 5.41) is 16.2. The van der Waals surface area contributed by atoms with E-state index < -0.39 is 17.7 Å². The van der Waals surface area contributed by atoms with E-state index in [9.17, 15) is 14.7 Å². The smallest absolute Gasteiger partial charge is 0.407 e. The molecular weight excluding hydrogens is 560 g/mol. The van der Waals surface area contributed by atoms with Crippen LogP contribution in [0.15, 0.2) is 140 Å². The number of carbonyl (C=O) groups is 2. The number of amides is 2. The van der Waals surface area contributed by atoms with Crippen molar-refractivity contribution in [1.29, 1.82) is 0 Å². The summed E-state index contributed by atoms with van der Waals surface area (Å²) >= 11 is 0. The lowest BCUT2D eigenvalue weighted by Gasteiger charge is -2.37. The van der Waals surface area contributed by atoms with Crippen molar-refractivity contribution in [3.8, 4) is 11.1 Å². The van der Waals surface area contributed by atoms with Crippen molar-refractivity contribution in [2.45, 2.75) is 30.3 Å². The Hall–Kier alpha value is -5.20. The Balaban J connectivity index is 1.13. The fourth-order valence-corrected chi connectivity index (χ4v) is 6.37. The molecule has 226 valence electrons. The highest BCUT2D eigenvalue weighted by atomic mass is 16.5. The Morgan fingerprint density at radius 1 is 0.667 bits per heavy atom. The van der Waals surface area contributed by atoms with Crippen LogP contribution in [0.2, 0.25) is 0 Å². The van der Waals surface area contributed by atoms with Gasteiger partial charge in [-0.2, -0.15) is 0 Å². The minimum atomic E-state index is -0.935.